The fourth-order valence-electron chi connectivity index (χ4n) is 2.67. The Labute approximate surface area is 138 Å². The smallest absolute Gasteiger partial charge is 0.240 e. The van der Waals surface area contributed by atoms with Crippen molar-refractivity contribution >= 4 is 21.6 Å². The average molecular weight is 339 g/mol. The second-order valence-corrected chi connectivity index (χ2v) is 8.16. The summed E-state index contributed by atoms with van der Waals surface area (Å²) >= 11 is 0. The molecule has 0 bridgehead atoms. The summed E-state index contributed by atoms with van der Waals surface area (Å²) in [6.07, 6.45) is 2.91. The number of piperidine rings is 1. The summed E-state index contributed by atoms with van der Waals surface area (Å²) in [5.41, 5.74) is 1.55. The van der Waals surface area contributed by atoms with Crippen LogP contribution in [0.1, 0.15) is 18.4 Å². The quantitative estimate of drug-likeness (QED) is 0.868. The van der Waals surface area contributed by atoms with E-state index in [1.807, 2.05) is 19.1 Å². The summed E-state index contributed by atoms with van der Waals surface area (Å²) in [7, 11) is -1.45. The molecule has 7 heteroatoms. The normalized spacial score (nSPS) is 17.0. The minimum atomic E-state index is -3.51. The number of carbonyl (C=O) groups excluding carboxylic acids is 1. The Kier molecular flexibility index (Phi) is 5.64. The predicted octanol–water partition coefficient (Wildman–Crippen LogP) is 0.971. The zero-order valence-electron chi connectivity index (χ0n) is 13.9. The zero-order chi connectivity index (χ0) is 17.0. The van der Waals surface area contributed by atoms with Gasteiger partial charge in [0.05, 0.1) is 11.9 Å². The largest absolute Gasteiger partial charge is 0.352 e. The standard InChI is InChI=1S/C16H25N3O3S/c1-13-4-6-15(7-5-13)19(23(3,21)22)12-16(20)17-14-8-10-18(2)11-9-14/h4-7,14H,8-12H2,1-3H3,(H,17,20). The lowest BCUT2D eigenvalue weighted by molar-refractivity contribution is -0.120. The molecule has 0 unspecified atom stereocenters. The molecular weight excluding hydrogens is 314 g/mol. The number of aryl methyl sites for hydroxylation is 1. The molecule has 1 fully saturated rings. The van der Waals surface area contributed by atoms with Gasteiger partial charge < -0.3 is 10.2 Å². The Hall–Kier alpha value is -1.60. The molecule has 0 saturated carbocycles. The summed E-state index contributed by atoms with van der Waals surface area (Å²) in [5, 5.41) is 2.95. The van der Waals surface area contributed by atoms with E-state index < -0.39 is 10.0 Å². The number of rotatable bonds is 5. The fraction of sp³-hybridized carbons (Fsp3) is 0.562. The van der Waals surface area contributed by atoms with Gasteiger partial charge in [-0.25, -0.2) is 8.42 Å². The molecule has 0 aromatic heterocycles. The third kappa shape index (κ3) is 5.21. The van der Waals surface area contributed by atoms with Crippen LogP contribution in [0.4, 0.5) is 5.69 Å². The number of nitrogens with zero attached hydrogens (tertiary/aromatic N) is 2. The number of hydrogen-bond acceptors (Lipinski definition) is 4. The van der Waals surface area contributed by atoms with Gasteiger partial charge in [0.2, 0.25) is 15.9 Å². The van der Waals surface area contributed by atoms with Crippen molar-refractivity contribution in [2.45, 2.75) is 25.8 Å². The SMILES string of the molecule is Cc1ccc(N(CC(=O)NC2CCN(C)CC2)S(C)(=O)=O)cc1. The van der Waals surface area contributed by atoms with Crippen molar-refractivity contribution in [3.8, 4) is 0 Å². The van der Waals surface area contributed by atoms with Crippen molar-refractivity contribution in [3.63, 3.8) is 0 Å². The Balaban J connectivity index is 2.03. The summed E-state index contributed by atoms with van der Waals surface area (Å²) in [6, 6.07) is 7.24. The van der Waals surface area contributed by atoms with E-state index in [-0.39, 0.29) is 18.5 Å². The molecule has 1 heterocycles. The lowest BCUT2D eigenvalue weighted by atomic mass is 10.1. The molecule has 2 rings (SSSR count). The summed E-state index contributed by atoms with van der Waals surface area (Å²) in [5.74, 6) is -0.259. The number of likely N-dealkylation sites (tertiary alicyclic amines) is 1. The van der Waals surface area contributed by atoms with Crippen LogP contribution in [0.5, 0.6) is 0 Å². The maximum atomic E-state index is 12.3. The number of anilines is 1. The van der Waals surface area contributed by atoms with Crippen molar-refractivity contribution in [3.05, 3.63) is 29.8 Å². The minimum Gasteiger partial charge on any atom is -0.352 e. The van der Waals surface area contributed by atoms with Crippen LogP contribution in [0.3, 0.4) is 0 Å². The van der Waals surface area contributed by atoms with Crippen LogP contribution in [-0.2, 0) is 14.8 Å². The van der Waals surface area contributed by atoms with Gasteiger partial charge in [-0.15, -0.1) is 0 Å². The van der Waals surface area contributed by atoms with Gasteiger partial charge in [0.25, 0.3) is 0 Å². The fourth-order valence-corrected chi connectivity index (χ4v) is 3.52. The molecule has 1 aliphatic rings. The average Bonchev–Trinajstić information content (AvgIpc) is 2.47. The molecule has 6 nitrogen and oxygen atoms in total. The Morgan fingerprint density at radius 3 is 2.35 bits per heavy atom. The highest BCUT2D eigenvalue weighted by Crippen LogP contribution is 2.18. The first-order valence-electron chi connectivity index (χ1n) is 7.78. The first kappa shape index (κ1) is 17.7. The molecule has 0 spiro atoms. The van der Waals surface area contributed by atoms with Crippen molar-refractivity contribution in [2.75, 3.05) is 37.2 Å². The van der Waals surface area contributed by atoms with Crippen LogP contribution < -0.4 is 9.62 Å². The van der Waals surface area contributed by atoms with E-state index in [4.69, 9.17) is 0 Å². The topological polar surface area (TPSA) is 69.7 Å². The predicted molar refractivity (Wildman–Crippen MR) is 92.0 cm³/mol. The molecule has 128 valence electrons. The first-order chi connectivity index (χ1) is 10.8. The molecule has 1 aliphatic heterocycles. The monoisotopic (exact) mass is 339 g/mol. The molecular formula is C16H25N3O3S. The van der Waals surface area contributed by atoms with Crippen LogP contribution >= 0.6 is 0 Å². The summed E-state index contributed by atoms with van der Waals surface area (Å²) < 4.78 is 25.2. The number of nitrogens with one attached hydrogen (secondary N) is 1. The van der Waals surface area contributed by atoms with E-state index in [1.54, 1.807) is 12.1 Å². The number of carbonyl (C=O) groups is 1. The van der Waals surface area contributed by atoms with Gasteiger partial charge in [0.15, 0.2) is 0 Å². The van der Waals surface area contributed by atoms with Gasteiger partial charge in [-0.1, -0.05) is 17.7 Å². The van der Waals surface area contributed by atoms with Crippen molar-refractivity contribution in [1.29, 1.82) is 0 Å². The molecule has 1 N–H and O–H groups in total. The van der Waals surface area contributed by atoms with Crippen LogP contribution in [0, 0.1) is 6.92 Å². The van der Waals surface area contributed by atoms with Gasteiger partial charge in [-0.05, 0) is 52.0 Å². The first-order valence-corrected chi connectivity index (χ1v) is 9.63. The van der Waals surface area contributed by atoms with Gasteiger partial charge in [-0.3, -0.25) is 9.10 Å². The van der Waals surface area contributed by atoms with Gasteiger partial charge >= 0.3 is 0 Å². The van der Waals surface area contributed by atoms with Crippen LogP contribution in [0.25, 0.3) is 0 Å². The lowest BCUT2D eigenvalue weighted by Crippen LogP contribution is -2.47. The van der Waals surface area contributed by atoms with Crippen LogP contribution in [0.15, 0.2) is 24.3 Å². The molecule has 0 atom stereocenters. The molecule has 0 radical (unpaired) electrons. The Bertz CT molecular complexity index is 635. The number of sulfonamides is 1. The zero-order valence-corrected chi connectivity index (χ0v) is 14.8. The van der Waals surface area contributed by atoms with Gasteiger partial charge in [-0.2, -0.15) is 0 Å². The molecule has 1 aromatic rings. The summed E-state index contributed by atoms with van der Waals surface area (Å²) in [4.78, 5) is 14.5. The molecule has 1 amide bonds. The molecule has 0 aliphatic carbocycles. The Morgan fingerprint density at radius 1 is 1.26 bits per heavy atom. The van der Waals surface area contributed by atoms with E-state index in [0.717, 1.165) is 42.1 Å². The highest BCUT2D eigenvalue weighted by Gasteiger charge is 2.23. The second-order valence-electron chi connectivity index (χ2n) is 6.25. The third-order valence-corrected chi connectivity index (χ3v) is 5.23. The highest BCUT2D eigenvalue weighted by molar-refractivity contribution is 7.92. The number of amides is 1. The van der Waals surface area contributed by atoms with Gasteiger partial charge in [0.1, 0.15) is 6.54 Å². The minimum absolute atomic E-state index is 0.123. The van der Waals surface area contributed by atoms with E-state index in [0.29, 0.717) is 5.69 Å². The highest BCUT2D eigenvalue weighted by atomic mass is 32.2. The van der Waals surface area contributed by atoms with Crippen LogP contribution in [-0.4, -0.2) is 58.2 Å². The van der Waals surface area contributed by atoms with Crippen molar-refractivity contribution in [1.82, 2.24) is 10.2 Å². The van der Waals surface area contributed by atoms with Gasteiger partial charge in [0, 0.05) is 6.04 Å². The van der Waals surface area contributed by atoms with E-state index in [2.05, 4.69) is 17.3 Å². The van der Waals surface area contributed by atoms with Crippen LogP contribution in [0.2, 0.25) is 0 Å². The molecule has 1 aromatic carbocycles. The van der Waals surface area contributed by atoms with Crippen molar-refractivity contribution < 1.29 is 13.2 Å². The van der Waals surface area contributed by atoms with E-state index >= 15 is 0 Å². The molecule has 1 saturated heterocycles. The third-order valence-electron chi connectivity index (χ3n) is 4.09. The number of benzene rings is 1. The second kappa shape index (κ2) is 7.31. The maximum Gasteiger partial charge on any atom is 0.240 e. The van der Waals surface area contributed by atoms with Crippen molar-refractivity contribution in [2.24, 2.45) is 0 Å². The van der Waals surface area contributed by atoms with E-state index in [9.17, 15) is 13.2 Å². The summed E-state index contributed by atoms with van der Waals surface area (Å²) in [6.45, 7) is 3.63. The lowest BCUT2D eigenvalue weighted by Gasteiger charge is -2.30. The van der Waals surface area contributed by atoms with E-state index in [1.165, 1.54) is 0 Å². The Morgan fingerprint density at radius 2 is 1.83 bits per heavy atom. The molecule has 23 heavy (non-hydrogen) atoms. The number of hydrogen-bond donors (Lipinski definition) is 1. The maximum absolute atomic E-state index is 12.3.